The van der Waals surface area contributed by atoms with Gasteiger partial charge in [-0.3, -0.25) is 4.79 Å². The average Bonchev–Trinajstić information content (AvgIpc) is 2.84. The van der Waals surface area contributed by atoms with E-state index in [4.69, 9.17) is 0 Å². The Labute approximate surface area is 104 Å². The summed E-state index contributed by atoms with van der Waals surface area (Å²) in [6.07, 6.45) is 2.25. The molecule has 1 amide bonds. The topological polar surface area (TPSA) is 34.0 Å². The molecule has 3 nitrogen and oxygen atoms in total. The Morgan fingerprint density at radius 3 is 2.94 bits per heavy atom. The molecule has 2 aromatic heterocycles. The highest BCUT2D eigenvalue weighted by atomic mass is 32.1. The van der Waals surface area contributed by atoms with Crippen LogP contribution in [-0.2, 0) is 0 Å². The summed E-state index contributed by atoms with van der Waals surface area (Å²) in [4.78, 5) is 12.2. The number of carbonyl (C=O) groups excluding carboxylic acids is 1. The Balaban J connectivity index is 2.03. The number of aromatic nitrogens is 1. The molecule has 17 heavy (non-hydrogen) atoms. The van der Waals surface area contributed by atoms with Gasteiger partial charge in [0, 0.05) is 12.1 Å². The van der Waals surface area contributed by atoms with Crippen LogP contribution in [0.5, 0.6) is 0 Å². The lowest BCUT2D eigenvalue weighted by molar-refractivity contribution is 0.0941. The minimum absolute atomic E-state index is 0.0737. The summed E-state index contributed by atoms with van der Waals surface area (Å²) in [5.41, 5.74) is 1.97. The van der Waals surface area contributed by atoms with Gasteiger partial charge in [-0.1, -0.05) is 0 Å². The molecule has 0 saturated heterocycles. The number of rotatable bonds is 3. The molecule has 0 bridgehead atoms. The van der Waals surface area contributed by atoms with Gasteiger partial charge in [-0.2, -0.15) is 0 Å². The van der Waals surface area contributed by atoms with E-state index in [1.54, 1.807) is 11.3 Å². The van der Waals surface area contributed by atoms with E-state index in [1.165, 1.54) is 10.2 Å². The van der Waals surface area contributed by atoms with Crippen molar-refractivity contribution in [2.45, 2.75) is 38.8 Å². The number of hydrogen-bond acceptors (Lipinski definition) is 2. The standard InChI is InChI=1S/C13H16N2OS/c1-8(2)15-10-5-6-17-12(10)7-11(15)13(16)14-9-3-4-9/h5-9H,3-4H2,1-2H3,(H,14,16). The summed E-state index contributed by atoms with van der Waals surface area (Å²) in [5, 5.41) is 5.14. The molecule has 0 atom stereocenters. The fourth-order valence-corrected chi connectivity index (χ4v) is 2.97. The van der Waals surface area contributed by atoms with Gasteiger partial charge in [-0.25, -0.2) is 0 Å². The molecule has 2 heterocycles. The van der Waals surface area contributed by atoms with E-state index in [1.807, 2.05) is 6.07 Å². The van der Waals surface area contributed by atoms with Crippen LogP contribution in [-0.4, -0.2) is 16.5 Å². The predicted octanol–water partition coefficient (Wildman–Crippen LogP) is 3.18. The van der Waals surface area contributed by atoms with Gasteiger partial charge in [0.2, 0.25) is 0 Å². The van der Waals surface area contributed by atoms with Crippen LogP contribution in [0.25, 0.3) is 10.2 Å². The van der Waals surface area contributed by atoms with Crippen molar-refractivity contribution in [2.24, 2.45) is 0 Å². The van der Waals surface area contributed by atoms with E-state index in [0.29, 0.717) is 12.1 Å². The highest BCUT2D eigenvalue weighted by Crippen LogP contribution is 2.29. The molecule has 2 aromatic rings. The van der Waals surface area contributed by atoms with Gasteiger partial charge in [0.1, 0.15) is 5.69 Å². The fourth-order valence-electron chi connectivity index (χ4n) is 2.16. The maximum absolute atomic E-state index is 12.2. The van der Waals surface area contributed by atoms with Crippen molar-refractivity contribution in [3.63, 3.8) is 0 Å². The van der Waals surface area contributed by atoms with Gasteiger partial charge in [-0.05, 0) is 44.2 Å². The minimum atomic E-state index is 0.0737. The Hall–Kier alpha value is -1.29. The van der Waals surface area contributed by atoms with Gasteiger partial charge < -0.3 is 9.88 Å². The minimum Gasteiger partial charge on any atom is -0.348 e. The molecule has 1 fully saturated rings. The van der Waals surface area contributed by atoms with Gasteiger partial charge in [0.15, 0.2) is 0 Å². The van der Waals surface area contributed by atoms with Gasteiger partial charge >= 0.3 is 0 Å². The van der Waals surface area contributed by atoms with E-state index in [9.17, 15) is 4.79 Å². The molecule has 0 unspecified atom stereocenters. The highest BCUT2D eigenvalue weighted by Gasteiger charge is 2.26. The third kappa shape index (κ3) is 1.86. The Bertz CT molecular complexity index is 563. The first-order chi connectivity index (χ1) is 8.16. The van der Waals surface area contributed by atoms with Crippen molar-refractivity contribution in [3.8, 4) is 0 Å². The van der Waals surface area contributed by atoms with Crippen LogP contribution in [0.2, 0.25) is 0 Å². The summed E-state index contributed by atoms with van der Waals surface area (Å²) in [5.74, 6) is 0.0737. The number of thiophene rings is 1. The number of carbonyl (C=O) groups is 1. The summed E-state index contributed by atoms with van der Waals surface area (Å²) in [6, 6.07) is 4.82. The fraction of sp³-hybridized carbons (Fsp3) is 0.462. The third-order valence-electron chi connectivity index (χ3n) is 3.12. The van der Waals surface area contributed by atoms with Crippen molar-refractivity contribution < 1.29 is 4.79 Å². The monoisotopic (exact) mass is 248 g/mol. The normalized spacial score (nSPS) is 15.7. The van der Waals surface area contributed by atoms with E-state index < -0.39 is 0 Å². The van der Waals surface area contributed by atoms with Crippen molar-refractivity contribution in [2.75, 3.05) is 0 Å². The quantitative estimate of drug-likeness (QED) is 0.889. The second kappa shape index (κ2) is 3.88. The number of nitrogens with one attached hydrogen (secondary N) is 1. The molecule has 0 spiro atoms. The molecule has 1 saturated carbocycles. The molecule has 0 aromatic carbocycles. The summed E-state index contributed by atoms with van der Waals surface area (Å²) in [6.45, 7) is 4.23. The maximum Gasteiger partial charge on any atom is 0.268 e. The number of hydrogen-bond donors (Lipinski definition) is 1. The molecule has 0 radical (unpaired) electrons. The predicted molar refractivity (Wildman–Crippen MR) is 70.7 cm³/mol. The molecular formula is C13H16N2OS. The van der Waals surface area contributed by atoms with E-state index >= 15 is 0 Å². The zero-order chi connectivity index (χ0) is 12.0. The van der Waals surface area contributed by atoms with Crippen molar-refractivity contribution in [1.29, 1.82) is 0 Å². The van der Waals surface area contributed by atoms with E-state index in [-0.39, 0.29) is 5.91 Å². The van der Waals surface area contributed by atoms with E-state index in [2.05, 4.69) is 35.2 Å². The number of nitrogens with zero attached hydrogens (tertiary/aromatic N) is 1. The van der Waals surface area contributed by atoms with Crippen LogP contribution in [0.4, 0.5) is 0 Å². The van der Waals surface area contributed by atoms with Crippen LogP contribution in [0, 0.1) is 0 Å². The van der Waals surface area contributed by atoms with Crippen LogP contribution < -0.4 is 5.32 Å². The van der Waals surface area contributed by atoms with E-state index in [0.717, 1.165) is 18.5 Å². The lowest BCUT2D eigenvalue weighted by Crippen LogP contribution is -2.28. The Morgan fingerprint density at radius 1 is 1.53 bits per heavy atom. The van der Waals surface area contributed by atoms with Crippen molar-refractivity contribution in [1.82, 2.24) is 9.88 Å². The largest absolute Gasteiger partial charge is 0.348 e. The zero-order valence-electron chi connectivity index (χ0n) is 10.1. The van der Waals surface area contributed by atoms with Crippen LogP contribution >= 0.6 is 11.3 Å². The molecule has 1 aliphatic rings. The average molecular weight is 248 g/mol. The van der Waals surface area contributed by atoms with Crippen LogP contribution in [0.1, 0.15) is 43.2 Å². The first-order valence-corrected chi connectivity index (χ1v) is 6.94. The summed E-state index contributed by atoms with van der Waals surface area (Å²) < 4.78 is 3.32. The smallest absolute Gasteiger partial charge is 0.268 e. The molecule has 90 valence electrons. The lowest BCUT2D eigenvalue weighted by atomic mass is 10.3. The summed E-state index contributed by atoms with van der Waals surface area (Å²) in [7, 11) is 0. The molecule has 4 heteroatoms. The highest BCUT2D eigenvalue weighted by molar-refractivity contribution is 7.17. The molecular weight excluding hydrogens is 232 g/mol. The van der Waals surface area contributed by atoms with Crippen molar-refractivity contribution >= 4 is 27.5 Å². The van der Waals surface area contributed by atoms with Crippen LogP contribution in [0.15, 0.2) is 17.5 Å². The lowest BCUT2D eigenvalue weighted by Gasteiger charge is -2.13. The number of fused-ring (bicyclic) bond motifs is 1. The Kier molecular flexibility index (Phi) is 2.47. The molecule has 3 rings (SSSR count). The third-order valence-corrected chi connectivity index (χ3v) is 3.97. The first kappa shape index (κ1) is 10.8. The maximum atomic E-state index is 12.2. The molecule has 0 aliphatic heterocycles. The molecule has 1 N–H and O–H groups in total. The second-order valence-electron chi connectivity index (χ2n) is 4.91. The zero-order valence-corrected chi connectivity index (χ0v) is 10.9. The summed E-state index contributed by atoms with van der Waals surface area (Å²) >= 11 is 1.69. The van der Waals surface area contributed by atoms with Gasteiger partial charge in [0.25, 0.3) is 5.91 Å². The van der Waals surface area contributed by atoms with Crippen LogP contribution in [0.3, 0.4) is 0 Å². The van der Waals surface area contributed by atoms with Gasteiger partial charge in [0.05, 0.1) is 10.2 Å². The Morgan fingerprint density at radius 2 is 2.29 bits per heavy atom. The second-order valence-corrected chi connectivity index (χ2v) is 5.86. The number of amides is 1. The first-order valence-electron chi connectivity index (χ1n) is 6.06. The SMILES string of the molecule is CC(C)n1c(C(=O)NC2CC2)cc2sccc21. The van der Waals surface area contributed by atoms with Gasteiger partial charge in [-0.15, -0.1) is 11.3 Å². The van der Waals surface area contributed by atoms with Crippen molar-refractivity contribution in [3.05, 3.63) is 23.2 Å². The molecule has 1 aliphatic carbocycles.